The molecule has 0 atom stereocenters. The summed E-state index contributed by atoms with van der Waals surface area (Å²) in [4.78, 5) is 2.29. The van der Waals surface area contributed by atoms with Crippen molar-refractivity contribution in [2.75, 3.05) is 11.9 Å². The Bertz CT molecular complexity index is 491. The van der Waals surface area contributed by atoms with Gasteiger partial charge in [0.15, 0.2) is 0 Å². The molecule has 1 nitrogen and oxygen atoms in total. The zero-order valence-corrected chi connectivity index (χ0v) is 12.3. The summed E-state index contributed by atoms with van der Waals surface area (Å²) < 4.78 is 1.28. The van der Waals surface area contributed by atoms with Crippen LogP contribution in [0.15, 0.2) is 48.5 Å². The number of anilines is 1. The number of para-hydroxylation sites is 1. The van der Waals surface area contributed by atoms with Gasteiger partial charge >= 0.3 is 0 Å². The summed E-state index contributed by atoms with van der Waals surface area (Å²) in [5, 5.41) is 0. The largest absolute Gasteiger partial charge is 0.370 e. The van der Waals surface area contributed by atoms with Crippen molar-refractivity contribution in [2.45, 2.75) is 13.5 Å². The number of hydrogen-bond acceptors (Lipinski definition) is 1. The standard InChI is InChI=1S/C15H16IN/c1-12-5-3-4-6-15(12)17(2)11-13-7-9-14(16)10-8-13/h3-10H,11H2,1-2H3. The molecule has 0 aliphatic carbocycles. The second-order valence-electron chi connectivity index (χ2n) is 4.27. The van der Waals surface area contributed by atoms with Crippen molar-refractivity contribution in [3.63, 3.8) is 0 Å². The molecule has 2 aromatic carbocycles. The van der Waals surface area contributed by atoms with E-state index in [0.717, 1.165) is 6.54 Å². The first-order valence-electron chi connectivity index (χ1n) is 5.68. The van der Waals surface area contributed by atoms with E-state index in [-0.39, 0.29) is 0 Å². The lowest BCUT2D eigenvalue weighted by Crippen LogP contribution is -2.17. The Hall–Kier alpha value is -1.03. The van der Waals surface area contributed by atoms with E-state index >= 15 is 0 Å². The fourth-order valence-corrected chi connectivity index (χ4v) is 2.30. The van der Waals surface area contributed by atoms with Crippen LogP contribution in [-0.2, 0) is 6.54 Å². The van der Waals surface area contributed by atoms with Crippen LogP contribution in [0.5, 0.6) is 0 Å². The molecule has 0 saturated heterocycles. The highest BCUT2D eigenvalue weighted by Crippen LogP contribution is 2.20. The zero-order valence-electron chi connectivity index (χ0n) is 10.2. The third-order valence-corrected chi connectivity index (χ3v) is 3.58. The molecule has 2 aromatic rings. The first-order chi connectivity index (χ1) is 8.16. The van der Waals surface area contributed by atoms with Gasteiger partial charge in [-0.05, 0) is 58.8 Å². The predicted molar refractivity (Wildman–Crippen MR) is 82.4 cm³/mol. The topological polar surface area (TPSA) is 3.24 Å². The summed E-state index contributed by atoms with van der Waals surface area (Å²) in [6.07, 6.45) is 0. The summed E-state index contributed by atoms with van der Waals surface area (Å²) in [5.74, 6) is 0. The summed E-state index contributed by atoms with van der Waals surface area (Å²) in [7, 11) is 2.14. The lowest BCUT2D eigenvalue weighted by molar-refractivity contribution is 0.917. The molecular weight excluding hydrogens is 321 g/mol. The van der Waals surface area contributed by atoms with Gasteiger partial charge in [0.05, 0.1) is 0 Å². The minimum atomic E-state index is 0.946. The van der Waals surface area contributed by atoms with E-state index in [1.54, 1.807) is 0 Å². The molecule has 0 saturated carbocycles. The molecule has 0 aromatic heterocycles. The summed E-state index contributed by atoms with van der Waals surface area (Å²) in [6.45, 7) is 3.10. The van der Waals surface area contributed by atoms with Crippen molar-refractivity contribution in [1.82, 2.24) is 0 Å². The van der Waals surface area contributed by atoms with Crippen LogP contribution in [0.25, 0.3) is 0 Å². The number of nitrogens with zero attached hydrogens (tertiary/aromatic N) is 1. The van der Waals surface area contributed by atoms with E-state index in [2.05, 4.69) is 90.0 Å². The molecule has 88 valence electrons. The van der Waals surface area contributed by atoms with Gasteiger partial charge < -0.3 is 4.90 Å². The van der Waals surface area contributed by atoms with Crippen LogP contribution in [0.3, 0.4) is 0 Å². The molecule has 0 radical (unpaired) electrons. The first-order valence-corrected chi connectivity index (χ1v) is 6.76. The molecule has 2 heteroatoms. The third kappa shape index (κ3) is 3.22. The normalized spacial score (nSPS) is 10.3. The van der Waals surface area contributed by atoms with Crippen LogP contribution in [0, 0.1) is 10.5 Å². The van der Waals surface area contributed by atoms with Crippen molar-refractivity contribution >= 4 is 28.3 Å². The maximum atomic E-state index is 2.33. The number of benzene rings is 2. The van der Waals surface area contributed by atoms with Gasteiger partial charge in [0.1, 0.15) is 0 Å². The first kappa shape index (κ1) is 12.4. The highest BCUT2D eigenvalue weighted by molar-refractivity contribution is 14.1. The quantitative estimate of drug-likeness (QED) is 0.758. The molecule has 2 rings (SSSR count). The molecule has 17 heavy (non-hydrogen) atoms. The molecule has 0 N–H and O–H groups in total. The van der Waals surface area contributed by atoms with Crippen molar-refractivity contribution in [3.05, 3.63) is 63.2 Å². The van der Waals surface area contributed by atoms with Gasteiger partial charge in [0.2, 0.25) is 0 Å². The van der Waals surface area contributed by atoms with Gasteiger partial charge in [-0.15, -0.1) is 0 Å². The fourth-order valence-electron chi connectivity index (χ4n) is 1.94. The molecule has 0 aliphatic heterocycles. The monoisotopic (exact) mass is 337 g/mol. The van der Waals surface area contributed by atoms with Gasteiger partial charge in [-0.1, -0.05) is 30.3 Å². The Morgan fingerprint density at radius 2 is 1.65 bits per heavy atom. The number of aryl methyl sites for hydroxylation is 1. The van der Waals surface area contributed by atoms with E-state index in [0.29, 0.717) is 0 Å². The molecule has 0 heterocycles. The Morgan fingerprint density at radius 1 is 1.00 bits per heavy atom. The minimum absolute atomic E-state index is 0.946. The van der Waals surface area contributed by atoms with E-state index in [4.69, 9.17) is 0 Å². The summed E-state index contributed by atoms with van der Waals surface area (Å²) in [6, 6.07) is 17.2. The van der Waals surface area contributed by atoms with Gasteiger partial charge in [0.25, 0.3) is 0 Å². The van der Waals surface area contributed by atoms with E-state index in [9.17, 15) is 0 Å². The number of rotatable bonds is 3. The third-order valence-electron chi connectivity index (χ3n) is 2.86. The summed E-state index contributed by atoms with van der Waals surface area (Å²) >= 11 is 2.33. The molecule has 0 unspecified atom stereocenters. The second-order valence-corrected chi connectivity index (χ2v) is 5.51. The highest BCUT2D eigenvalue weighted by atomic mass is 127. The van der Waals surface area contributed by atoms with Crippen LogP contribution in [-0.4, -0.2) is 7.05 Å². The smallest absolute Gasteiger partial charge is 0.0426 e. The lowest BCUT2D eigenvalue weighted by Gasteiger charge is -2.21. The molecule has 0 aliphatic rings. The zero-order chi connectivity index (χ0) is 12.3. The molecule has 0 amide bonds. The van der Waals surface area contributed by atoms with Gasteiger partial charge in [-0.3, -0.25) is 0 Å². The molecule has 0 bridgehead atoms. The van der Waals surface area contributed by atoms with E-state index < -0.39 is 0 Å². The van der Waals surface area contributed by atoms with Crippen molar-refractivity contribution in [2.24, 2.45) is 0 Å². The number of hydrogen-bond donors (Lipinski definition) is 0. The highest BCUT2D eigenvalue weighted by Gasteiger charge is 2.04. The number of halogens is 1. The minimum Gasteiger partial charge on any atom is -0.370 e. The average molecular weight is 337 g/mol. The SMILES string of the molecule is Cc1ccccc1N(C)Cc1ccc(I)cc1. The van der Waals surface area contributed by atoms with Crippen molar-refractivity contribution in [3.8, 4) is 0 Å². The van der Waals surface area contributed by atoms with Crippen molar-refractivity contribution < 1.29 is 0 Å². The van der Waals surface area contributed by atoms with Gasteiger partial charge in [-0.25, -0.2) is 0 Å². The Morgan fingerprint density at radius 3 is 2.29 bits per heavy atom. The van der Waals surface area contributed by atoms with Crippen molar-refractivity contribution in [1.29, 1.82) is 0 Å². The Kier molecular flexibility index (Phi) is 4.05. The van der Waals surface area contributed by atoms with Crippen LogP contribution < -0.4 is 4.90 Å². The lowest BCUT2D eigenvalue weighted by atomic mass is 10.1. The van der Waals surface area contributed by atoms with Gasteiger partial charge in [0, 0.05) is 22.8 Å². The second kappa shape index (κ2) is 5.54. The average Bonchev–Trinajstić information content (AvgIpc) is 2.32. The fraction of sp³-hybridized carbons (Fsp3) is 0.200. The van der Waals surface area contributed by atoms with Crippen LogP contribution in [0.1, 0.15) is 11.1 Å². The van der Waals surface area contributed by atoms with Crippen LogP contribution in [0.4, 0.5) is 5.69 Å². The van der Waals surface area contributed by atoms with E-state index in [1.807, 2.05) is 0 Å². The Labute approximate surface area is 117 Å². The van der Waals surface area contributed by atoms with Gasteiger partial charge in [-0.2, -0.15) is 0 Å². The summed E-state index contributed by atoms with van der Waals surface area (Å²) in [5.41, 5.74) is 3.96. The maximum Gasteiger partial charge on any atom is 0.0426 e. The Balaban J connectivity index is 2.14. The maximum absolute atomic E-state index is 2.33. The molecule has 0 fully saturated rings. The van der Waals surface area contributed by atoms with Crippen LogP contribution in [0.2, 0.25) is 0 Å². The van der Waals surface area contributed by atoms with E-state index in [1.165, 1.54) is 20.4 Å². The predicted octanol–water partition coefficient (Wildman–Crippen LogP) is 4.24. The molecule has 0 spiro atoms. The van der Waals surface area contributed by atoms with Crippen LogP contribution >= 0.6 is 22.6 Å². The molecular formula is C15H16IN.